The first kappa shape index (κ1) is 25.8. The fraction of sp³-hybridized carbons (Fsp3) is 0.357. The number of hydrogen-bond donors (Lipinski definition) is 1. The van der Waals surface area contributed by atoms with Crippen LogP contribution in [-0.2, 0) is 11.3 Å². The lowest BCUT2D eigenvalue weighted by atomic mass is 10.1. The average molecular weight is 535 g/mol. The smallest absolute Gasteiger partial charge is 0.318 e. The molecule has 198 valence electrons. The van der Waals surface area contributed by atoms with E-state index in [1.54, 1.807) is 37.7 Å². The van der Waals surface area contributed by atoms with Crippen molar-refractivity contribution < 1.29 is 14.4 Å². The van der Waals surface area contributed by atoms with Crippen molar-refractivity contribution in [1.29, 1.82) is 0 Å². The summed E-state index contributed by atoms with van der Waals surface area (Å²) in [6.07, 6.45) is 6.12. The fourth-order valence-corrected chi connectivity index (χ4v) is 5.38. The number of carbonyl (C=O) groups excluding carboxylic acids is 3. The van der Waals surface area contributed by atoms with Crippen LogP contribution in [0.2, 0.25) is 5.02 Å². The third kappa shape index (κ3) is 5.24. The van der Waals surface area contributed by atoms with Crippen molar-refractivity contribution in [2.45, 2.75) is 38.8 Å². The summed E-state index contributed by atoms with van der Waals surface area (Å²) in [6, 6.07) is 14.1. The number of nitrogens with zero attached hydrogens (tertiary/aromatic N) is 5. The lowest BCUT2D eigenvalue weighted by molar-refractivity contribution is -0.129. The summed E-state index contributed by atoms with van der Waals surface area (Å²) in [7, 11) is 0. The van der Waals surface area contributed by atoms with Gasteiger partial charge in [-0.05, 0) is 55.2 Å². The Morgan fingerprint density at radius 3 is 2.58 bits per heavy atom. The van der Waals surface area contributed by atoms with Crippen LogP contribution < -0.4 is 10.2 Å². The van der Waals surface area contributed by atoms with Gasteiger partial charge in [0.25, 0.3) is 5.91 Å². The molecule has 38 heavy (non-hydrogen) atoms. The van der Waals surface area contributed by atoms with Crippen molar-refractivity contribution >= 4 is 35.1 Å². The number of hydrogen-bond acceptors (Lipinski definition) is 4. The summed E-state index contributed by atoms with van der Waals surface area (Å²) in [5, 5.41) is 7.37. The summed E-state index contributed by atoms with van der Waals surface area (Å²) < 4.78 is 1.68. The van der Waals surface area contributed by atoms with E-state index in [4.69, 9.17) is 11.6 Å². The first-order valence-electron chi connectivity index (χ1n) is 13.0. The van der Waals surface area contributed by atoms with E-state index >= 15 is 0 Å². The van der Waals surface area contributed by atoms with Crippen molar-refractivity contribution in [2.75, 3.05) is 31.1 Å². The van der Waals surface area contributed by atoms with E-state index in [1.165, 1.54) is 0 Å². The Bertz CT molecular complexity index is 1320. The first-order valence-corrected chi connectivity index (χ1v) is 13.4. The van der Waals surface area contributed by atoms with E-state index in [-0.39, 0.29) is 30.4 Å². The number of anilines is 1. The average Bonchev–Trinajstić information content (AvgIpc) is 3.64. The van der Waals surface area contributed by atoms with Crippen molar-refractivity contribution in [1.82, 2.24) is 24.9 Å². The van der Waals surface area contributed by atoms with E-state index in [0.717, 1.165) is 42.9 Å². The molecule has 2 aliphatic rings. The molecule has 5 rings (SSSR count). The van der Waals surface area contributed by atoms with Crippen molar-refractivity contribution in [2.24, 2.45) is 0 Å². The van der Waals surface area contributed by atoms with Crippen LogP contribution in [0.3, 0.4) is 0 Å². The van der Waals surface area contributed by atoms with E-state index in [2.05, 4.69) is 10.4 Å². The molecular formula is C28H31ClN6O3. The van der Waals surface area contributed by atoms with Gasteiger partial charge in [-0.1, -0.05) is 36.7 Å². The van der Waals surface area contributed by atoms with Gasteiger partial charge in [-0.3, -0.25) is 9.59 Å². The summed E-state index contributed by atoms with van der Waals surface area (Å²) in [4.78, 5) is 44.9. The number of likely N-dealkylation sites (tertiary alicyclic amines) is 1. The highest BCUT2D eigenvalue weighted by atomic mass is 35.5. The fourth-order valence-electron chi connectivity index (χ4n) is 5.13. The Labute approximate surface area is 227 Å². The molecule has 3 aromatic rings. The predicted octanol–water partition coefficient (Wildman–Crippen LogP) is 4.10. The minimum absolute atomic E-state index is 0.0335. The zero-order valence-electron chi connectivity index (χ0n) is 21.3. The highest BCUT2D eigenvalue weighted by Crippen LogP contribution is 2.31. The van der Waals surface area contributed by atoms with Gasteiger partial charge in [-0.25, -0.2) is 9.48 Å². The molecule has 1 aromatic heterocycles. The molecular weight excluding hydrogens is 504 g/mol. The van der Waals surface area contributed by atoms with Crippen molar-refractivity contribution in [3.05, 3.63) is 77.1 Å². The van der Waals surface area contributed by atoms with E-state index in [9.17, 15) is 14.4 Å². The molecule has 1 atom stereocenters. The van der Waals surface area contributed by atoms with Crippen molar-refractivity contribution in [3.63, 3.8) is 0 Å². The SMILES string of the molecule is CC[C@@H]1CN(C(=O)c2ccc(-n3cccn3)cc2Cl)c2ccccc2CN1C(=O)NCC(=O)N1CCCC1. The molecule has 0 aliphatic carbocycles. The number of urea groups is 1. The maximum absolute atomic E-state index is 13.9. The van der Waals surface area contributed by atoms with Gasteiger partial charge in [-0.2, -0.15) is 5.10 Å². The Balaban J connectivity index is 1.38. The number of carbonyl (C=O) groups is 3. The van der Waals surface area contributed by atoms with Crippen LogP contribution in [0.25, 0.3) is 5.69 Å². The Kier molecular flexibility index (Phi) is 7.64. The molecule has 1 fully saturated rings. The summed E-state index contributed by atoms with van der Waals surface area (Å²) >= 11 is 6.60. The predicted molar refractivity (Wildman–Crippen MR) is 146 cm³/mol. The Morgan fingerprint density at radius 2 is 1.87 bits per heavy atom. The molecule has 0 spiro atoms. The largest absolute Gasteiger partial charge is 0.341 e. The highest BCUT2D eigenvalue weighted by Gasteiger charge is 2.34. The van der Waals surface area contributed by atoms with Crippen LogP contribution in [0.4, 0.5) is 10.5 Å². The van der Waals surface area contributed by atoms with Crippen LogP contribution >= 0.6 is 11.6 Å². The van der Waals surface area contributed by atoms with E-state index in [0.29, 0.717) is 30.1 Å². The van der Waals surface area contributed by atoms with Gasteiger partial charge >= 0.3 is 6.03 Å². The standard InChI is InChI=1S/C28H31ClN6O3/c1-2-21-19-34(27(37)23-11-10-22(16-24(23)29)35-15-7-12-31-35)25-9-4-3-8-20(25)18-33(21)28(38)30-17-26(36)32-13-5-6-14-32/h3-4,7-12,15-16,21H,2,5-6,13-14,17-19H2,1H3,(H,30,38)/t21-/m1/s1. The van der Waals surface area contributed by atoms with Crippen LogP contribution in [0.5, 0.6) is 0 Å². The van der Waals surface area contributed by atoms with Gasteiger partial charge in [0.2, 0.25) is 5.91 Å². The molecule has 0 radical (unpaired) electrons. The highest BCUT2D eigenvalue weighted by molar-refractivity contribution is 6.34. The normalized spacial score (nSPS) is 17.2. The number of aromatic nitrogens is 2. The molecule has 0 bridgehead atoms. The van der Waals surface area contributed by atoms with E-state index in [1.807, 2.05) is 49.5 Å². The second kappa shape index (κ2) is 11.3. The third-order valence-corrected chi connectivity index (χ3v) is 7.55. The van der Waals surface area contributed by atoms with Crippen LogP contribution in [0, 0.1) is 0 Å². The number of fused-ring (bicyclic) bond motifs is 1. The lowest BCUT2D eigenvalue weighted by Gasteiger charge is -2.31. The molecule has 4 amide bonds. The molecule has 2 aromatic carbocycles. The third-order valence-electron chi connectivity index (χ3n) is 7.24. The second-order valence-corrected chi connectivity index (χ2v) is 10.0. The van der Waals surface area contributed by atoms with Gasteiger partial charge in [0.15, 0.2) is 0 Å². The number of halogens is 1. The van der Waals surface area contributed by atoms with Gasteiger partial charge in [0, 0.05) is 44.3 Å². The monoisotopic (exact) mass is 534 g/mol. The summed E-state index contributed by atoms with van der Waals surface area (Å²) in [5.74, 6) is -0.302. The zero-order valence-corrected chi connectivity index (χ0v) is 22.1. The van der Waals surface area contributed by atoms with Gasteiger partial charge in [0.1, 0.15) is 0 Å². The second-order valence-electron chi connectivity index (χ2n) is 9.60. The van der Waals surface area contributed by atoms with Crippen LogP contribution in [-0.4, -0.2) is 69.6 Å². The lowest BCUT2D eigenvalue weighted by Crippen LogP contribution is -2.51. The Morgan fingerprint density at radius 1 is 1.08 bits per heavy atom. The minimum Gasteiger partial charge on any atom is -0.341 e. The van der Waals surface area contributed by atoms with Gasteiger partial charge in [-0.15, -0.1) is 0 Å². The molecule has 1 saturated heterocycles. The minimum atomic E-state index is -0.310. The summed E-state index contributed by atoms with van der Waals surface area (Å²) in [5.41, 5.74) is 2.72. The molecule has 3 heterocycles. The van der Waals surface area contributed by atoms with Crippen LogP contribution in [0.15, 0.2) is 60.9 Å². The van der Waals surface area contributed by atoms with Gasteiger partial charge in [0.05, 0.1) is 28.9 Å². The molecule has 1 N–H and O–H groups in total. The topological polar surface area (TPSA) is 90.8 Å². The first-order chi connectivity index (χ1) is 18.5. The number of para-hydroxylation sites is 1. The number of amides is 4. The maximum atomic E-state index is 13.9. The summed E-state index contributed by atoms with van der Waals surface area (Å²) in [6.45, 7) is 4.07. The molecule has 9 nitrogen and oxygen atoms in total. The zero-order chi connectivity index (χ0) is 26.6. The van der Waals surface area contributed by atoms with E-state index < -0.39 is 0 Å². The molecule has 10 heteroatoms. The Hall–Kier alpha value is -3.85. The number of nitrogens with one attached hydrogen (secondary N) is 1. The van der Waals surface area contributed by atoms with Gasteiger partial charge < -0.3 is 20.0 Å². The molecule has 0 unspecified atom stereocenters. The molecule has 0 saturated carbocycles. The quantitative estimate of drug-likeness (QED) is 0.533. The number of rotatable bonds is 5. The molecule has 2 aliphatic heterocycles. The van der Waals surface area contributed by atoms with Crippen molar-refractivity contribution in [3.8, 4) is 5.69 Å². The number of benzene rings is 2. The maximum Gasteiger partial charge on any atom is 0.318 e. The van der Waals surface area contributed by atoms with Crippen LogP contribution in [0.1, 0.15) is 42.1 Å².